The van der Waals surface area contributed by atoms with Gasteiger partial charge >= 0.3 is 5.97 Å². The van der Waals surface area contributed by atoms with Crippen molar-refractivity contribution in [3.05, 3.63) is 80.1 Å². The molecule has 2 aromatic carbocycles. The highest BCUT2D eigenvalue weighted by atomic mass is 35.5. The second-order valence-electron chi connectivity index (χ2n) is 8.61. The van der Waals surface area contributed by atoms with Crippen LogP contribution in [0.4, 0.5) is 5.00 Å². The number of esters is 1. The molecule has 0 aliphatic heterocycles. The second kappa shape index (κ2) is 12.2. The average Bonchev–Trinajstić information content (AvgIpc) is 3.24. The summed E-state index contributed by atoms with van der Waals surface area (Å²) in [5, 5.41) is 4.63. The van der Waals surface area contributed by atoms with Gasteiger partial charge in [-0.1, -0.05) is 41.4 Å². The summed E-state index contributed by atoms with van der Waals surface area (Å²) >= 11 is 13.6. The van der Waals surface area contributed by atoms with Gasteiger partial charge in [-0.15, -0.1) is 11.3 Å². The van der Waals surface area contributed by atoms with Gasteiger partial charge in [-0.05, 0) is 63.6 Å². The third kappa shape index (κ3) is 5.78. The van der Waals surface area contributed by atoms with E-state index in [0.717, 1.165) is 11.3 Å². The molecular formula is C29H27Cl2N3O4S. The number of fused-ring (bicyclic) bond motifs is 1. The Hall–Kier alpha value is -3.46. The van der Waals surface area contributed by atoms with Crippen LogP contribution in [-0.2, 0) is 4.74 Å². The number of halogens is 2. The number of amides is 2. The summed E-state index contributed by atoms with van der Waals surface area (Å²) in [5.41, 5.74) is 2.68. The van der Waals surface area contributed by atoms with E-state index in [2.05, 4.69) is 5.32 Å². The number of pyridine rings is 1. The zero-order valence-corrected chi connectivity index (χ0v) is 24.3. The number of benzene rings is 2. The lowest BCUT2D eigenvalue weighted by molar-refractivity contribution is 0.0527. The SMILES string of the molecule is CCOC(=O)c1c(NC(=O)c2cc(-c3ccc(Cl)cc3Cl)nc3ccccc23)sc(C(=O)N(CC)CC)c1C. The fourth-order valence-electron chi connectivity index (χ4n) is 4.28. The predicted molar refractivity (Wildman–Crippen MR) is 157 cm³/mol. The molecule has 0 spiro atoms. The number of carbonyl (C=O) groups excluding carboxylic acids is 3. The van der Waals surface area contributed by atoms with Gasteiger partial charge in [0.1, 0.15) is 5.00 Å². The highest BCUT2D eigenvalue weighted by Gasteiger charge is 2.29. The number of thiophene rings is 1. The molecule has 2 amide bonds. The number of para-hydroxylation sites is 1. The van der Waals surface area contributed by atoms with Crippen LogP contribution in [0.15, 0.2) is 48.5 Å². The first-order chi connectivity index (χ1) is 18.7. The van der Waals surface area contributed by atoms with Crippen LogP contribution in [0.25, 0.3) is 22.2 Å². The van der Waals surface area contributed by atoms with Crippen LogP contribution in [0.3, 0.4) is 0 Å². The molecule has 202 valence electrons. The Balaban J connectivity index is 1.82. The van der Waals surface area contributed by atoms with Gasteiger partial charge in [0.05, 0.1) is 38.8 Å². The fourth-order valence-corrected chi connectivity index (χ4v) is 5.94. The van der Waals surface area contributed by atoms with Crippen molar-refractivity contribution in [2.75, 3.05) is 25.0 Å². The maximum absolute atomic E-state index is 13.8. The number of hydrogen-bond donors (Lipinski definition) is 1. The Morgan fingerprint density at radius 1 is 1.03 bits per heavy atom. The predicted octanol–water partition coefficient (Wildman–Crippen LogP) is 7.49. The highest BCUT2D eigenvalue weighted by molar-refractivity contribution is 7.18. The van der Waals surface area contributed by atoms with Gasteiger partial charge < -0.3 is 15.0 Å². The minimum absolute atomic E-state index is 0.154. The molecule has 0 bridgehead atoms. The molecule has 2 aromatic heterocycles. The lowest BCUT2D eigenvalue weighted by atomic mass is 10.0. The van der Waals surface area contributed by atoms with Crippen molar-refractivity contribution in [1.29, 1.82) is 0 Å². The normalized spacial score (nSPS) is 10.9. The van der Waals surface area contributed by atoms with Crippen molar-refractivity contribution < 1.29 is 19.1 Å². The number of carbonyl (C=O) groups is 3. The molecule has 0 aliphatic carbocycles. The van der Waals surface area contributed by atoms with Gasteiger partial charge in [-0.2, -0.15) is 0 Å². The monoisotopic (exact) mass is 583 g/mol. The first-order valence-electron chi connectivity index (χ1n) is 12.5. The Bertz CT molecular complexity index is 1580. The molecule has 0 atom stereocenters. The standard InChI is InChI=1S/C29H27Cl2N3O4S/c1-5-34(6-2)28(36)25-16(4)24(29(37)38-7-3)27(39-25)33-26(35)20-15-23(19-13-12-17(30)14-21(19)31)32-22-11-9-8-10-18(20)22/h8-15H,5-7H2,1-4H3,(H,33,35). The largest absolute Gasteiger partial charge is 0.462 e. The lowest BCUT2D eigenvalue weighted by Gasteiger charge is -2.18. The minimum atomic E-state index is -0.603. The molecular weight excluding hydrogens is 557 g/mol. The number of hydrogen-bond acceptors (Lipinski definition) is 6. The van der Waals surface area contributed by atoms with E-state index in [1.807, 2.05) is 26.0 Å². The Kier molecular flexibility index (Phi) is 8.90. The number of anilines is 1. The molecule has 0 fully saturated rings. The summed E-state index contributed by atoms with van der Waals surface area (Å²) in [6.45, 7) is 8.35. The number of ether oxygens (including phenoxy) is 1. The summed E-state index contributed by atoms with van der Waals surface area (Å²) in [4.78, 5) is 46.7. The van der Waals surface area contributed by atoms with Crippen molar-refractivity contribution in [2.24, 2.45) is 0 Å². The van der Waals surface area contributed by atoms with Gasteiger partial charge in [0, 0.05) is 29.1 Å². The van der Waals surface area contributed by atoms with Crippen molar-refractivity contribution in [3.63, 3.8) is 0 Å². The van der Waals surface area contributed by atoms with Crippen molar-refractivity contribution >= 4 is 68.2 Å². The van der Waals surface area contributed by atoms with Gasteiger partial charge in [0.25, 0.3) is 11.8 Å². The van der Waals surface area contributed by atoms with Crippen LogP contribution in [0, 0.1) is 6.92 Å². The molecule has 0 radical (unpaired) electrons. The van der Waals surface area contributed by atoms with Crippen LogP contribution in [0.1, 0.15) is 56.7 Å². The van der Waals surface area contributed by atoms with E-state index in [4.69, 9.17) is 32.9 Å². The first-order valence-corrected chi connectivity index (χ1v) is 14.0. The van der Waals surface area contributed by atoms with Crippen LogP contribution in [0.2, 0.25) is 10.0 Å². The zero-order valence-electron chi connectivity index (χ0n) is 21.9. The molecule has 0 aliphatic rings. The summed E-state index contributed by atoms with van der Waals surface area (Å²) in [6, 6.07) is 14.0. The summed E-state index contributed by atoms with van der Waals surface area (Å²) < 4.78 is 5.27. The van der Waals surface area contributed by atoms with E-state index in [-0.39, 0.29) is 23.1 Å². The number of nitrogens with one attached hydrogen (secondary N) is 1. The summed E-state index contributed by atoms with van der Waals surface area (Å²) in [5.74, 6) is -1.27. The Labute approximate surface area is 240 Å². The van der Waals surface area contributed by atoms with E-state index in [9.17, 15) is 14.4 Å². The second-order valence-corrected chi connectivity index (χ2v) is 10.5. The van der Waals surface area contributed by atoms with Gasteiger partial charge in [0.15, 0.2) is 0 Å². The molecule has 1 N–H and O–H groups in total. The first kappa shape index (κ1) is 28.5. The molecule has 0 unspecified atom stereocenters. The molecule has 0 saturated carbocycles. The summed E-state index contributed by atoms with van der Waals surface area (Å²) in [6.07, 6.45) is 0. The minimum Gasteiger partial charge on any atom is -0.462 e. The maximum Gasteiger partial charge on any atom is 0.341 e. The van der Waals surface area contributed by atoms with E-state index in [0.29, 0.717) is 61.3 Å². The van der Waals surface area contributed by atoms with Crippen LogP contribution < -0.4 is 5.32 Å². The van der Waals surface area contributed by atoms with E-state index in [1.54, 1.807) is 55.1 Å². The maximum atomic E-state index is 13.8. The number of nitrogens with zero attached hydrogens (tertiary/aromatic N) is 2. The number of aromatic nitrogens is 1. The molecule has 10 heteroatoms. The third-order valence-electron chi connectivity index (χ3n) is 6.27. The van der Waals surface area contributed by atoms with Gasteiger partial charge in [0.2, 0.25) is 0 Å². The zero-order chi connectivity index (χ0) is 28.3. The van der Waals surface area contributed by atoms with Crippen molar-refractivity contribution in [3.8, 4) is 11.3 Å². The molecule has 7 nitrogen and oxygen atoms in total. The average molecular weight is 585 g/mol. The van der Waals surface area contributed by atoms with E-state index in [1.165, 1.54) is 0 Å². The highest BCUT2D eigenvalue weighted by Crippen LogP contribution is 2.36. The summed E-state index contributed by atoms with van der Waals surface area (Å²) in [7, 11) is 0. The molecule has 4 aromatic rings. The quantitative estimate of drug-likeness (QED) is 0.217. The van der Waals surface area contributed by atoms with Crippen molar-refractivity contribution in [2.45, 2.75) is 27.7 Å². The molecule has 39 heavy (non-hydrogen) atoms. The van der Waals surface area contributed by atoms with E-state index >= 15 is 0 Å². The van der Waals surface area contributed by atoms with E-state index < -0.39 is 11.9 Å². The molecule has 0 saturated heterocycles. The van der Waals surface area contributed by atoms with Crippen LogP contribution >= 0.6 is 34.5 Å². The van der Waals surface area contributed by atoms with Gasteiger partial charge in [-0.25, -0.2) is 9.78 Å². The third-order valence-corrected chi connectivity index (χ3v) is 8.01. The van der Waals surface area contributed by atoms with Crippen molar-refractivity contribution in [1.82, 2.24) is 9.88 Å². The molecule has 2 heterocycles. The smallest absolute Gasteiger partial charge is 0.341 e. The lowest BCUT2D eigenvalue weighted by Crippen LogP contribution is -2.30. The Morgan fingerprint density at radius 3 is 2.41 bits per heavy atom. The molecule has 4 rings (SSSR count). The number of rotatable bonds is 8. The van der Waals surface area contributed by atoms with Crippen LogP contribution in [0.5, 0.6) is 0 Å². The fraction of sp³-hybridized carbons (Fsp3) is 0.241. The Morgan fingerprint density at radius 2 is 1.74 bits per heavy atom. The van der Waals surface area contributed by atoms with Gasteiger partial charge in [-0.3, -0.25) is 9.59 Å². The van der Waals surface area contributed by atoms with Crippen LogP contribution in [-0.4, -0.2) is 47.4 Å². The topological polar surface area (TPSA) is 88.6 Å².